The number of allylic oxidation sites excluding steroid dienone is 4. The fraction of sp³-hybridized carbons (Fsp3) is 0.436. The third-order valence-electron chi connectivity index (χ3n) is 10.8. The van der Waals surface area contributed by atoms with Gasteiger partial charge >= 0.3 is 0 Å². The molecule has 0 saturated carbocycles. The largest absolute Gasteiger partial charge is 0.496 e. The Hall–Kier alpha value is -3.84. The van der Waals surface area contributed by atoms with Crippen LogP contribution >= 0.6 is 0 Å². The van der Waals surface area contributed by atoms with E-state index in [1.165, 1.54) is 37.9 Å². The molecule has 0 bridgehead atoms. The van der Waals surface area contributed by atoms with E-state index in [1.807, 2.05) is 18.2 Å². The van der Waals surface area contributed by atoms with Crippen LogP contribution in [0.15, 0.2) is 40.5 Å². The Morgan fingerprint density at radius 1 is 0.370 bits per heavy atom. The lowest BCUT2D eigenvalue weighted by atomic mass is 10.1. The average molecular weight is 645 g/mol. The van der Waals surface area contributed by atoms with E-state index in [9.17, 15) is 0 Å². The van der Waals surface area contributed by atoms with Gasteiger partial charge in [-0.25, -0.2) is 0 Å². The third-order valence-corrected chi connectivity index (χ3v) is 17.1. The van der Waals surface area contributed by atoms with Gasteiger partial charge in [0.15, 0.2) is 8.07 Å². The van der Waals surface area contributed by atoms with E-state index < -0.39 is 8.07 Å². The lowest BCUT2D eigenvalue weighted by Crippen LogP contribution is -2.73. The van der Waals surface area contributed by atoms with Gasteiger partial charge < -0.3 is 28.4 Å². The first-order valence-electron chi connectivity index (χ1n) is 15.8. The third kappa shape index (κ3) is 4.89. The summed E-state index contributed by atoms with van der Waals surface area (Å²) >= 11 is 0. The first-order valence-corrected chi connectivity index (χ1v) is 17.8. The van der Waals surface area contributed by atoms with Gasteiger partial charge in [-0.3, -0.25) is 0 Å². The highest BCUT2D eigenvalue weighted by Gasteiger charge is 2.56. The predicted molar refractivity (Wildman–Crippen MR) is 192 cm³/mol. The maximum absolute atomic E-state index is 6.13. The van der Waals surface area contributed by atoms with Gasteiger partial charge in [-0.05, 0) is 129 Å². The second kappa shape index (κ2) is 13.1. The van der Waals surface area contributed by atoms with Crippen LogP contribution in [0.4, 0.5) is 0 Å². The number of rotatable bonds is 10. The molecule has 4 rings (SSSR count). The molecule has 1 aliphatic carbocycles. The minimum Gasteiger partial charge on any atom is -0.496 e. The van der Waals surface area contributed by atoms with E-state index in [0.717, 1.165) is 67.9 Å². The molecule has 0 aromatic heterocycles. The van der Waals surface area contributed by atoms with Crippen LogP contribution in [0.25, 0.3) is 0 Å². The van der Waals surface area contributed by atoms with Crippen LogP contribution < -0.4 is 44.0 Å². The standard InChI is InChI=1S/C39H52O6Si/c1-20-21(2)23(4)36(22(20)3)46(37-24(5)30(40-11)17-31(41-12)25(37)6,38-26(7)32(42-13)18-33(43-14)27(38)8)39-28(9)34(44-15)19-35(45-16)29(39)10/h17-19,36H,1-16H3. The molecule has 1 aliphatic rings. The molecule has 7 heteroatoms. The maximum Gasteiger partial charge on any atom is 0.162 e. The Kier molecular flexibility index (Phi) is 9.98. The summed E-state index contributed by atoms with van der Waals surface area (Å²) in [6.07, 6.45) is 0. The molecule has 0 unspecified atom stereocenters. The molecule has 0 atom stereocenters. The van der Waals surface area contributed by atoms with Gasteiger partial charge in [-0.15, -0.1) is 0 Å². The van der Waals surface area contributed by atoms with E-state index in [4.69, 9.17) is 28.4 Å². The zero-order valence-corrected chi connectivity index (χ0v) is 31.8. The summed E-state index contributed by atoms with van der Waals surface area (Å²) in [5, 5.41) is 3.74. The molecule has 0 heterocycles. The summed E-state index contributed by atoms with van der Waals surface area (Å²) in [6, 6.07) is 6.05. The van der Waals surface area contributed by atoms with Crippen LogP contribution in [0.2, 0.25) is 5.54 Å². The fourth-order valence-electron chi connectivity index (χ4n) is 8.44. The highest BCUT2D eigenvalue weighted by Crippen LogP contribution is 2.50. The van der Waals surface area contributed by atoms with Crippen molar-refractivity contribution in [2.75, 3.05) is 42.7 Å². The normalized spacial score (nSPS) is 13.8. The molecule has 0 amide bonds. The summed E-state index contributed by atoms with van der Waals surface area (Å²) in [6.45, 7) is 22.3. The minimum absolute atomic E-state index is 0.0464. The summed E-state index contributed by atoms with van der Waals surface area (Å²) < 4.78 is 36.8. The molecule has 0 saturated heterocycles. The Morgan fingerprint density at radius 2 is 0.565 bits per heavy atom. The van der Waals surface area contributed by atoms with Gasteiger partial charge in [-0.1, -0.05) is 11.1 Å². The van der Waals surface area contributed by atoms with Crippen LogP contribution in [-0.2, 0) is 0 Å². The second-order valence-corrected chi connectivity index (χ2v) is 16.3. The molecule has 0 fully saturated rings. The van der Waals surface area contributed by atoms with Crippen molar-refractivity contribution >= 4 is 23.6 Å². The van der Waals surface area contributed by atoms with Gasteiger partial charge in [0.05, 0.1) is 42.7 Å². The molecule has 6 nitrogen and oxygen atoms in total. The summed E-state index contributed by atoms with van der Waals surface area (Å²) in [7, 11) is 7.07. The Morgan fingerprint density at radius 3 is 0.739 bits per heavy atom. The lowest BCUT2D eigenvalue weighted by molar-refractivity contribution is 0.391. The molecule has 0 spiro atoms. The Balaban J connectivity index is 2.60. The first kappa shape index (κ1) is 35.0. The van der Waals surface area contributed by atoms with Crippen molar-refractivity contribution in [1.82, 2.24) is 0 Å². The zero-order valence-electron chi connectivity index (χ0n) is 30.8. The van der Waals surface area contributed by atoms with Crippen molar-refractivity contribution in [3.8, 4) is 34.5 Å². The van der Waals surface area contributed by atoms with Crippen molar-refractivity contribution in [1.29, 1.82) is 0 Å². The van der Waals surface area contributed by atoms with Crippen molar-refractivity contribution in [3.05, 3.63) is 73.9 Å². The van der Waals surface area contributed by atoms with Gasteiger partial charge in [0, 0.05) is 23.7 Å². The van der Waals surface area contributed by atoms with E-state index >= 15 is 0 Å². The van der Waals surface area contributed by atoms with Crippen LogP contribution in [0.3, 0.4) is 0 Å². The Bertz CT molecular complexity index is 1490. The molecule has 46 heavy (non-hydrogen) atoms. The van der Waals surface area contributed by atoms with Gasteiger partial charge in [0.2, 0.25) is 0 Å². The van der Waals surface area contributed by atoms with Gasteiger partial charge in [0.25, 0.3) is 0 Å². The summed E-state index contributed by atoms with van der Waals surface area (Å²) in [4.78, 5) is 0. The highest BCUT2D eigenvalue weighted by molar-refractivity contribution is 7.14. The van der Waals surface area contributed by atoms with Crippen LogP contribution in [0, 0.1) is 41.5 Å². The summed E-state index contributed by atoms with van der Waals surface area (Å²) in [5.41, 5.74) is 12.0. The minimum atomic E-state index is -3.35. The molecule has 0 N–H and O–H groups in total. The van der Waals surface area contributed by atoms with Crippen LogP contribution in [0.1, 0.15) is 61.1 Å². The quantitative estimate of drug-likeness (QED) is 0.173. The fourth-order valence-corrected chi connectivity index (χ4v) is 16.1. The van der Waals surface area contributed by atoms with Crippen LogP contribution in [-0.4, -0.2) is 50.7 Å². The molecule has 0 radical (unpaired) electrons. The van der Waals surface area contributed by atoms with E-state index in [-0.39, 0.29) is 5.54 Å². The van der Waals surface area contributed by atoms with E-state index in [1.54, 1.807) is 42.7 Å². The second-order valence-electron chi connectivity index (χ2n) is 12.6. The Labute approximate surface area is 277 Å². The van der Waals surface area contributed by atoms with E-state index in [0.29, 0.717) is 0 Å². The zero-order chi connectivity index (χ0) is 34.4. The van der Waals surface area contributed by atoms with Gasteiger partial charge in [0.1, 0.15) is 34.5 Å². The number of benzene rings is 3. The molecule has 3 aromatic carbocycles. The average Bonchev–Trinajstić information content (AvgIpc) is 3.23. The maximum atomic E-state index is 6.13. The molecule has 248 valence electrons. The number of hydrogen-bond donors (Lipinski definition) is 0. The smallest absolute Gasteiger partial charge is 0.162 e. The molecule has 3 aromatic rings. The molecular formula is C39H52O6Si. The molecule has 0 aliphatic heterocycles. The monoisotopic (exact) mass is 644 g/mol. The lowest BCUT2D eigenvalue weighted by Gasteiger charge is -2.46. The molecular weight excluding hydrogens is 593 g/mol. The van der Waals surface area contributed by atoms with E-state index in [2.05, 4.69) is 69.2 Å². The number of ether oxygens (including phenoxy) is 6. The van der Waals surface area contributed by atoms with Crippen molar-refractivity contribution in [2.24, 2.45) is 0 Å². The van der Waals surface area contributed by atoms with Crippen molar-refractivity contribution in [3.63, 3.8) is 0 Å². The topological polar surface area (TPSA) is 55.4 Å². The number of methoxy groups -OCH3 is 6. The van der Waals surface area contributed by atoms with Crippen molar-refractivity contribution < 1.29 is 28.4 Å². The highest BCUT2D eigenvalue weighted by atomic mass is 28.3. The number of hydrogen-bond acceptors (Lipinski definition) is 6. The van der Waals surface area contributed by atoms with Gasteiger partial charge in [-0.2, -0.15) is 0 Å². The van der Waals surface area contributed by atoms with Crippen LogP contribution in [0.5, 0.6) is 34.5 Å². The SMILES string of the molecule is COc1cc(OC)c(C)c([Si](c2c(C)c(OC)cc(OC)c2C)(c2c(C)c(OC)cc(OC)c2C)C2C(C)=C(C)C(C)=C2C)c1C. The summed E-state index contributed by atoms with van der Waals surface area (Å²) in [5.74, 6) is 4.75. The first-order chi connectivity index (χ1) is 21.7. The predicted octanol–water partition coefficient (Wildman–Crippen LogP) is 7.12. The van der Waals surface area contributed by atoms with Crippen molar-refractivity contribution in [2.45, 2.75) is 74.8 Å².